The maximum atomic E-state index is 13.2. The molecule has 0 fully saturated rings. The SMILES string of the molecule is COc1cccc(C(CNC(=O)c2c(C)nn(-c3ccc(F)cc3)c2C)N(C)C)c1. The number of methoxy groups -OCH3 is 1. The number of carbonyl (C=O) groups is 1. The van der Waals surface area contributed by atoms with Crippen molar-refractivity contribution in [2.75, 3.05) is 27.7 Å². The van der Waals surface area contributed by atoms with Gasteiger partial charge >= 0.3 is 0 Å². The van der Waals surface area contributed by atoms with Gasteiger partial charge in [-0.1, -0.05) is 12.1 Å². The number of ether oxygens (including phenoxy) is 1. The van der Waals surface area contributed by atoms with Crippen molar-refractivity contribution in [3.05, 3.63) is 76.9 Å². The molecule has 0 aliphatic heterocycles. The maximum absolute atomic E-state index is 13.2. The lowest BCUT2D eigenvalue weighted by atomic mass is 10.1. The number of nitrogens with one attached hydrogen (secondary N) is 1. The van der Waals surface area contributed by atoms with Crippen molar-refractivity contribution in [2.45, 2.75) is 19.9 Å². The molecule has 7 heteroatoms. The van der Waals surface area contributed by atoms with Crippen molar-refractivity contribution in [3.63, 3.8) is 0 Å². The first-order valence-electron chi connectivity index (χ1n) is 9.72. The van der Waals surface area contributed by atoms with Gasteiger partial charge in [0.15, 0.2) is 0 Å². The molecule has 0 spiro atoms. The second-order valence-corrected chi connectivity index (χ2v) is 7.40. The number of hydrogen-bond acceptors (Lipinski definition) is 4. The van der Waals surface area contributed by atoms with E-state index < -0.39 is 0 Å². The van der Waals surface area contributed by atoms with Crippen molar-refractivity contribution in [2.24, 2.45) is 0 Å². The van der Waals surface area contributed by atoms with Crippen LogP contribution in [-0.4, -0.2) is 48.3 Å². The fourth-order valence-electron chi connectivity index (χ4n) is 3.53. The molecule has 0 saturated carbocycles. The fourth-order valence-corrected chi connectivity index (χ4v) is 3.53. The van der Waals surface area contributed by atoms with E-state index >= 15 is 0 Å². The Bertz CT molecular complexity index is 1030. The van der Waals surface area contributed by atoms with E-state index in [1.54, 1.807) is 30.8 Å². The van der Waals surface area contributed by atoms with E-state index in [-0.39, 0.29) is 17.8 Å². The number of carbonyl (C=O) groups excluding carboxylic acids is 1. The number of amides is 1. The molecule has 1 atom stereocenters. The van der Waals surface area contributed by atoms with Crippen LogP contribution in [0.15, 0.2) is 48.5 Å². The number of aryl methyl sites for hydroxylation is 1. The molecule has 0 radical (unpaired) electrons. The Labute approximate surface area is 176 Å². The molecule has 1 unspecified atom stereocenters. The van der Waals surface area contributed by atoms with Gasteiger partial charge in [0.2, 0.25) is 0 Å². The summed E-state index contributed by atoms with van der Waals surface area (Å²) in [6.07, 6.45) is 0. The van der Waals surface area contributed by atoms with Gasteiger partial charge in [-0.3, -0.25) is 4.79 Å². The summed E-state index contributed by atoms with van der Waals surface area (Å²) in [5.41, 5.74) is 3.62. The third-order valence-corrected chi connectivity index (χ3v) is 5.15. The average molecular weight is 410 g/mol. The molecule has 1 amide bonds. The monoisotopic (exact) mass is 410 g/mol. The smallest absolute Gasteiger partial charge is 0.255 e. The molecule has 3 aromatic rings. The minimum atomic E-state index is -0.314. The topological polar surface area (TPSA) is 59.4 Å². The van der Waals surface area contributed by atoms with Gasteiger partial charge in [-0.25, -0.2) is 9.07 Å². The van der Waals surface area contributed by atoms with E-state index in [1.165, 1.54) is 12.1 Å². The maximum Gasteiger partial charge on any atom is 0.255 e. The van der Waals surface area contributed by atoms with Crippen LogP contribution in [0.4, 0.5) is 4.39 Å². The quantitative estimate of drug-likeness (QED) is 0.646. The molecule has 30 heavy (non-hydrogen) atoms. The highest BCUT2D eigenvalue weighted by molar-refractivity contribution is 5.96. The van der Waals surface area contributed by atoms with Crippen LogP contribution >= 0.6 is 0 Å². The summed E-state index contributed by atoms with van der Waals surface area (Å²) in [6, 6.07) is 13.8. The molecule has 6 nitrogen and oxygen atoms in total. The van der Waals surface area contributed by atoms with Crippen LogP contribution in [0.1, 0.15) is 33.4 Å². The Morgan fingerprint density at radius 2 is 1.90 bits per heavy atom. The zero-order chi connectivity index (χ0) is 21.8. The molecule has 0 bridgehead atoms. The molecule has 2 aromatic carbocycles. The molecule has 0 saturated heterocycles. The summed E-state index contributed by atoms with van der Waals surface area (Å²) >= 11 is 0. The minimum absolute atomic E-state index is 0.0168. The van der Waals surface area contributed by atoms with E-state index in [0.717, 1.165) is 11.3 Å². The number of rotatable bonds is 7. The molecule has 1 heterocycles. The summed E-state index contributed by atoms with van der Waals surface area (Å²) in [6.45, 7) is 4.07. The predicted octanol–water partition coefficient (Wildman–Crippen LogP) is 3.67. The van der Waals surface area contributed by atoms with Gasteiger partial charge in [-0.15, -0.1) is 0 Å². The van der Waals surface area contributed by atoms with E-state index in [0.29, 0.717) is 29.2 Å². The van der Waals surface area contributed by atoms with Crippen molar-refractivity contribution < 1.29 is 13.9 Å². The highest BCUT2D eigenvalue weighted by atomic mass is 19.1. The van der Waals surface area contributed by atoms with Crippen LogP contribution in [0.3, 0.4) is 0 Å². The van der Waals surface area contributed by atoms with E-state index in [9.17, 15) is 9.18 Å². The van der Waals surface area contributed by atoms with Crippen LogP contribution in [-0.2, 0) is 0 Å². The van der Waals surface area contributed by atoms with Crippen molar-refractivity contribution in [1.29, 1.82) is 0 Å². The first-order chi connectivity index (χ1) is 14.3. The minimum Gasteiger partial charge on any atom is -0.497 e. The molecule has 3 rings (SSSR count). The summed E-state index contributed by atoms with van der Waals surface area (Å²) in [5, 5.41) is 7.52. The van der Waals surface area contributed by atoms with Crippen LogP contribution < -0.4 is 10.1 Å². The standard InChI is InChI=1S/C23H27FN4O2/c1-15-22(16(2)28(26-15)19-11-9-18(24)10-12-19)23(29)25-14-21(27(3)4)17-7-6-8-20(13-17)30-5/h6-13,21H,14H2,1-5H3,(H,25,29). The molecule has 0 aliphatic rings. The average Bonchev–Trinajstić information content (AvgIpc) is 3.02. The first kappa shape index (κ1) is 21.5. The summed E-state index contributed by atoms with van der Waals surface area (Å²) in [4.78, 5) is 15.1. The number of nitrogens with zero attached hydrogens (tertiary/aromatic N) is 3. The zero-order valence-electron chi connectivity index (χ0n) is 17.9. The Kier molecular flexibility index (Phi) is 6.52. The zero-order valence-corrected chi connectivity index (χ0v) is 17.9. The van der Waals surface area contributed by atoms with E-state index in [2.05, 4.69) is 15.3 Å². The van der Waals surface area contributed by atoms with Crippen LogP contribution in [0.25, 0.3) is 5.69 Å². The van der Waals surface area contributed by atoms with E-state index in [4.69, 9.17) is 4.74 Å². The number of halogens is 1. The molecular weight excluding hydrogens is 383 g/mol. The molecule has 1 N–H and O–H groups in total. The summed E-state index contributed by atoms with van der Waals surface area (Å²) < 4.78 is 20.2. The Balaban J connectivity index is 1.80. The summed E-state index contributed by atoms with van der Waals surface area (Å²) in [5.74, 6) is 0.275. The van der Waals surface area contributed by atoms with Gasteiger partial charge in [0.1, 0.15) is 11.6 Å². The molecular formula is C23H27FN4O2. The van der Waals surface area contributed by atoms with Gasteiger partial charge in [-0.2, -0.15) is 5.10 Å². The van der Waals surface area contributed by atoms with Crippen LogP contribution in [0.5, 0.6) is 5.75 Å². The van der Waals surface area contributed by atoms with Gasteiger partial charge in [-0.05, 0) is 69.9 Å². The Morgan fingerprint density at radius 3 is 2.53 bits per heavy atom. The highest BCUT2D eigenvalue weighted by Crippen LogP contribution is 2.23. The lowest BCUT2D eigenvalue weighted by Crippen LogP contribution is -2.35. The van der Waals surface area contributed by atoms with Gasteiger partial charge in [0, 0.05) is 6.54 Å². The normalized spacial score (nSPS) is 12.1. The number of hydrogen-bond donors (Lipinski definition) is 1. The van der Waals surface area contributed by atoms with E-state index in [1.807, 2.05) is 45.3 Å². The van der Waals surface area contributed by atoms with Crippen molar-refractivity contribution in [1.82, 2.24) is 20.0 Å². The van der Waals surface area contributed by atoms with Gasteiger partial charge in [0.05, 0.1) is 35.8 Å². The Morgan fingerprint density at radius 1 is 1.20 bits per heavy atom. The van der Waals surface area contributed by atoms with Crippen molar-refractivity contribution in [3.8, 4) is 11.4 Å². The molecule has 1 aromatic heterocycles. The number of benzene rings is 2. The number of likely N-dealkylation sites (N-methyl/N-ethyl adjacent to an activating group) is 1. The predicted molar refractivity (Wildman–Crippen MR) is 115 cm³/mol. The third-order valence-electron chi connectivity index (χ3n) is 5.15. The largest absolute Gasteiger partial charge is 0.497 e. The Hall–Kier alpha value is -3.19. The van der Waals surface area contributed by atoms with Gasteiger partial charge in [0.25, 0.3) is 5.91 Å². The third kappa shape index (κ3) is 4.52. The summed E-state index contributed by atoms with van der Waals surface area (Å²) in [7, 11) is 5.58. The van der Waals surface area contributed by atoms with Crippen LogP contribution in [0, 0.1) is 19.7 Å². The highest BCUT2D eigenvalue weighted by Gasteiger charge is 2.22. The van der Waals surface area contributed by atoms with Gasteiger partial charge < -0.3 is 15.0 Å². The lowest BCUT2D eigenvalue weighted by molar-refractivity contribution is 0.0940. The lowest BCUT2D eigenvalue weighted by Gasteiger charge is -2.25. The number of aromatic nitrogens is 2. The molecule has 0 aliphatic carbocycles. The second-order valence-electron chi connectivity index (χ2n) is 7.40. The van der Waals surface area contributed by atoms with Crippen LogP contribution in [0.2, 0.25) is 0 Å². The second kappa shape index (κ2) is 9.09. The van der Waals surface area contributed by atoms with Crippen molar-refractivity contribution >= 4 is 5.91 Å². The first-order valence-corrected chi connectivity index (χ1v) is 9.72. The fraction of sp³-hybridized carbons (Fsp3) is 0.304. The molecule has 158 valence electrons.